The molecule has 0 unspecified atom stereocenters. The predicted octanol–water partition coefficient (Wildman–Crippen LogP) is 13.7. The quantitative estimate of drug-likeness (QED) is 0.110. The Morgan fingerprint density at radius 1 is 0.505 bits per heavy atom. The van der Waals surface area contributed by atoms with E-state index in [2.05, 4.69) is 140 Å². The van der Waals surface area contributed by atoms with Crippen molar-refractivity contribution < 1.29 is 13.5 Å². The number of nitrogens with one attached hydrogen (secondary N) is 4. The van der Waals surface area contributed by atoms with Crippen LogP contribution in [0, 0.1) is 96.9 Å². The van der Waals surface area contributed by atoms with Crippen molar-refractivity contribution in [2.75, 3.05) is 0 Å². The zero-order chi connectivity index (χ0) is 71.2. The lowest BCUT2D eigenvalue weighted by Crippen LogP contribution is -1.83. The monoisotopic (exact) mass is 1310 g/mol. The van der Waals surface area contributed by atoms with Crippen molar-refractivity contribution in [3.8, 4) is 0 Å². The number of aromatic nitrogens is 26. The first-order valence-electron chi connectivity index (χ1n) is 29.7. The average Bonchev–Trinajstić information content (AvgIpc) is 4.51. The predicted molar refractivity (Wildman–Crippen MR) is 367 cm³/mol. The van der Waals surface area contributed by atoms with Crippen LogP contribution in [-0.2, 0) is 14.1 Å². The van der Waals surface area contributed by atoms with Gasteiger partial charge in [-0.25, -0.2) is 19.9 Å². The van der Waals surface area contributed by atoms with Crippen molar-refractivity contribution in [3.05, 3.63) is 142 Å². The Labute approximate surface area is 549 Å². The summed E-state index contributed by atoms with van der Waals surface area (Å²) in [4.78, 5) is 22.9. The maximum Gasteiger partial charge on any atom is 0.223 e. The van der Waals surface area contributed by atoms with E-state index in [0.717, 1.165) is 50.3 Å². The van der Waals surface area contributed by atoms with Crippen LogP contribution in [0.15, 0.2) is 86.3 Å². The molecule has 11 aromatic heterocycles. The standard InChI is InChI=1S/3C4H6N2O.2C4H6N2S.3C4H6N2.4C3H5N3.7C2H6/c1-3-5-6-4(2)7-3;2*1-3-5-4(2)7-6-3;1-3-5-6-4(2)7-3;1-3-5-4(2)7-6-3;1-4-2-5-6-3-4;2*1-4-2-3-5-6-4;1-6-2-4-5-3-6;1-6-3-4-2-5-6;2*1-3-4-2-5-6-3;7*1-2/h5*1-2H3;2-3H,1H3,(H,5,6);3H,2H2,1H3;2-3H,1H3,(H,5,6);2*2-3H,1H3;2*2H,1H3,(H,4,5,6);7*1-2H3. The number of aryl methyl sites for hydroxylation is 16. The Kier molecular flexibility index (Phi) is 75.2. The van der Waals surface area contributed by atoms with Crippen LogP contribution < -0.4 is 0 Å². The van der Waals surface area contributed by atoms with Gasteiger partial charge in [0.05, 0.1) is 6.20 Å². The van der Waals surface area contributed by atoms with Crippen LogP contribution in [-0.4, -0.2) is 142 Å². The fraction of sp³-hybridized carbons (Fsp3) is 0.552. The Bertz CT molecular complexity index is 2500. The van der Waals surface area contributed by atoms with Gasteiger partial charge < -0.3 is 18.0 Å². The van der Waals surface area contributed by atoms with Crippen molar-refractivity contribution in [3.63, 3.8) is 0 Å². The van der Waals surface area contributed by atoms with Gasteiger partial charge in [-0.05, 0) is 99.3 Å². The first-order valence-corrected chi connectivity index (χ1v) is 31.3. The maximum absolute atomic E-state index is 4.86. The molecule has 0 amide bonds. The zero-order valence-electron chi connectivity index (χ0n) is 60.3. The second-order valence-corrected chi connectivity index (χ2v) is 17.3. The van der Waals surface area contributed by atoms with E-state index in [1.54, 1.807) is 99.7 Å². The van der Waals surface area contributed by atoms with E-state index < -0.39 is 0 Å². The van der Waals surface area contributed by atoms with E-state index in [9.17, 15) is 0 Å². The van der Waals surface area contributed by atoms with Gasteiger partial charge in [0.25, 0.3) is 0 Å². The third-order valence-corrected chi connectivity index (χ3v) is 8.72. The topological polar surface area (TPSA) is 395 Å². The summed E-state index contributed by atoms with van der Waals surface area (Å²) in [7, 11) is 3.70. The molecule has 0 aromatic carbocycles. The number of aromatic amines is 4. The highest BCUT2D eigenvalue weighted by atomic mass is 32.1. The molecule has 512 valence electrons. The van der Waals surface area contributed by atoms with E-state index in [4.69, 9.17) is 4.42 Å². The van der Waals surface area contributed by atoms with Crippen LogP contribution in [0.4, 0.5) is 0 Å². The smallest absolute Gasteiger partial charge is 0.223 e. The third-order valence-electron chi connectivity index (χ3n) is 7.25. The van der Waals surface area contributed by atoms with E-state index in [-0.39, 0.29) is 0 Å². The SMILES string of the molecule is CC.CC.CC.CC.CC.CC.CC.CC1=NN=CC1.Cc1ccn[nH]1.Cc1cn[nH]c1.Cc1ncn[nH]1.Cc1ncn[nH]1.Cc1nnc(C)o1.Cc1nnc(C)s1.Cc1noc(C)n1.Cc1noc(C)n1.Cc1nsc(C)n1.Cn1cncn1.Cn1cnnc1. The number of hydrogen-bond acceptors (Lipinski definition) is 27. The van der Waals surface area contributed by atoms with Gasteiger partial charge in [0.1, 0.15) is 70.5 Å². The summed E-state index contributed by atoms with van der Waals surface area (Å²) in [5.74, 6) is 6.47. The van der Waals surface area contributed by atoms with Gasteiger partial charge in [0.2, 0.25) is 23.6 Å². The number of nitrogens with zero attached hydrogens (tertiary/aromatic N) is 24. The fourth-order valence-corrected chi connectivity index (χ4v) is 5.11. The summed E-state index contributed by atoms with van der Waals surface area (Å²) < 4.78 is 21.4. The molecule has 11 aromatic rings. The molecule has 0 saturated heterocycles. The molecule has 1 aliphatic rings. The fourth-order valence-electron chi connectivity index (χ4n) is 4.04. The summed E-state index contributed by atoms with van der Waals surface area (Å²) in [6.07, 6.45) is 17.5. The lowest BCUT2D eigenvalue weighted by atomic mass is 10.3. The molecule has 1 aliphatic heterocycles. The van der Waals surface area contributed by atoms with Crippen molar-refractivity contribution in [1.82, 2.24) is 130 Å². The second-order valence-electron chi connectivity index (χ2n) is 15.0. The number of rotatable bonds is 0. The highest BCUT2D eigenvalue weighted by molar-refractivity contribution is 7.11. The summed E-state index contributed by atoms with van der Waals surface area (Å²) in [6, 6.07) is 1.92. The third kappa shape index (κ3) is 69.8. The number of hydrogen-bond donors (Lipinski definition) is 4. The van der Waals surface area contributed by atoms with E-state index >= 15 is 0 Å². The molecule has 4 N–H and O–H groups in total. The van der Waals surface area contributed by atoms with Crippen LogP contribution >= 0.6 is 22.9 Å². The minimum absolute atomic E-state index is 0.623. The number of H-pyrrole nitrogens is 4. The Morgan fingerprint density at radius 2 is 0.989 bits per heavy atom. The van der Waals surface area contributed by atoms with Gasteiger partial charge in [-0.15, -0.1) is 41.9 Å². The van der Waals surface area contributed by atoms with Gasteiger partial charge in [-0.1, -0.05) is 107 Å². The molecule has 0 radical (unpaired) electrons. The molecular formula is C58H110N28O3S2. The van der Waals surface area contributed by atoms with Gasteiger partial charge >= 0.3 is 0 Å². The van der Waals surface area contributed by atoms with Crippen LogP contribution in [0.3, 0.4) is 0 Å². The molecule has 0 spiro atoms. The van der Waals surface area contributed by atoms with Crippen LogP contribution in [0.2, 0.25) is 0 Å². The van der Waals surface area contributed by atoms with Crippen LogP contribution in [0.5, 0.6) is 0 Å². The van der Waals surface area contributed by atoms with Gasteiger partial charge in [-0.3, -0.25) is 25.1 Å². The minimum atomic E-state index is 0.623. The van der Waals surface area contributed by atoms with Gasteiger partial charge in [-0.2, -0.15) is 50.0 Å². The second kappa shape index (κ2) is 71.6. The van der Waals surface area contributed by atoms with E-state index in [1.165, 1.54) is 36.1 Å². The normalized spacial score (nSPS) is 8.80. The lowest BCUT2D eigenvalue weighted by molar-refractivity contribution is 0.389. The van der Waals surface area contributed by atoms with E-state index in [0.29, 0.717) is 35.2 Å². The molecule has 0 aliphatic carbocycles. The Hall–Kier alpha value is -9.14. The summed E-state index contributed by atoms with van der Waals surface area (Å²) >= 11 is 3.06. The van der Waals surface area contributed by atoms with Crippen LogP contribution in [0.25, 0.3) is 0 Å². The Morgan fingerprint density at radius 3 is 1.10 bits per heavy atom. The van der Waals surface area contributed by atoms with Crippen molar-refractivity contribution in [1.29, 1.82) is 0 Å². The summed E-state index contributed by atoms with van der Waals surface area (Å²) in [5, 5.41) is 68.4. The molecule has 12 rings (SSSR count). The van der Waals surface area contributed by atoms with Gasteiger partial charge in [0.15, 0.2) is 11.6 Å². The highest BCUT2D eigenvalue weighted by Crippen LogP contribution is 2.04. The first-order chi connectivity index (χ1) is 43.7. The summed E-state index contributed by atoms with van der Waals surface area (Å²) in [5.41, 5.74) is 3.39. The molecule has 12 heterocycles. The van der Waals surface area contributed by atoms with Crippen molar-refractivity contribution >= 4 is 34.8 Å². The van der Waals surface area contributed by atoms with Crippen molar-refractivity contribution in [2.24, 2.45) is 24.3 Å². The van der Waals surface area contributed by atoms with E-state index in [1.807, 2.05) is 186 Å². The molecule has 0 bridgehead atoms. The van der Waals surface area contributed by atoms with Crippen LogP contribution in [0.1, 0.15) is 189 Å². The van der Waals surface area contributed by atoms with Crippen molar-refractivity contribution in [2.45, 2.75) is 207 Å². The molecular weight excluding hydrogens is 1200 g/mol. The molecule has 0 saturated carbocycles. The minimum Gasteiger partial charge on any atom is -0.426 e. The molecule has 91 heavy (non-hydrogen) atoms. The Balaban J connectivity index is -0.000000166. The lowest BCUT2D eigenvalue weighted by Gasteiger charge is -1.74. The molecule has 0 atom stereocenters. The zero-order valence-corrected chi connectivity index (χ0v) is 62.0. The molecule has 31 nitrogen and oxygen atoms in total. The largest absolute Gasteiger partial charge is 0.426 e. The summed E-state index contributed by atoms with van der Waals surface area (Å²) in [6.45, 7) is 56.0. The highest BCUT2D eigenvalue weighted by Gasteiger charge is 1.93. The molecule has 0 fully saturated rings. The first kappa shape index (κ1) is 95.5. The average molecular weight is 1310 g/mol. The van der Waals surface area contributed by atoms with Gasteiger partial charge in [0, 0.05) is 78.2 Å². The molecule has 33 heteroatoms. The maximum atomic E-state index is 4.86.